The highest BCUT2D eigenvalue weighted by atomic mass is 19.1. The number of carbonyl (C=O) groups excluding carboxylic acids is 1. The molecule has 1 fully saturated rings. The van der Waals surface area contributed by atoms with Crippen LogP contribution in [-0.2, 0) is 0 Å². The van der Waals surface area contributed by atoms with Gasteiger partial charge in [0, 0.05) is 41.7 Å². The van der Waals surface area contributed by atoms with E-state index in [2.05, 4.69) is 20.3 Å². The number of carbonyl (C=O) groups is 1. The highest BCUT2D eigenvalue weighted by Crippen LogP contribution is 2.34. The first kappa shape index (κ1) is 25.5. The van der Waals surface area contributed by atoms with Crippen LogP contribution in [0.15, 0.2) is 48.8 Å². The molecule has 4 heterocycles. The van der Waals surface area contributed by atoms with Gasteiger partial charge in [-0.15, -0.1) is 0 Å². The molecular weight excluding hydrogens is 488 g/mol. The Morgan fingerprint density at radius 1 is 1.08 bits per heavy atom. The normalized spacial score (nSPS) is 15.7. The Morgan fingerprint density at radius 2 is 1.89 bits per heavy atom. The quantitative estimate of drug-likeness (QED) is 0.361. The first-order chi connectivity index (χ1) is 18.2. The van der Waals surface area contributed by atoms with Crippen molar-refractivity contribution in [2.45, 2.75) is 38.8 Å². The lowest BCUT2D eigenvalue weighted by atomic mass is 10.0. The van der Waals surface area contributed by atoms with Gasteiger partial charge in [0.25, 0.3) is 5.91 Å². The van der Waals surface area contributed by atoms with Crippen LogP contribution in [0.5, 0.6) is 0 Å². The lowest BCUT2D eigenvalue weighted by Crippen LogP contribution is -2.43. The zero-order valence-electron chi connectivity index (χ0n) is 21.2. The summed E-state index contributed by atoms with van der Waals surface area (Å²) in [5, 5.41) is 3.36. The summed E-state index contributed by atoms with van der Waals surface area (Å²) in [6.07, 6.45) is 4.48. The van der Waals surface area contributed by atoms with E-state index in [1.807, 2.05) is 18.7 Å². The molecule has 10 heteroatoms. The second-order valence-corrected chi connectivity index (χ2v) is 9.85. The fraction of sp³-hybridized carbons (Fsp3) is 0.286. The predicted octanol–water partition coefficient (Wildman–Crippen LogP) is 4.28. The van der Waals surface area contributed by atoms with E-state index in [4.69, 9.17) is 11.5 Å². The summed E-state index contributed by atoms with van der Waals surface area (Å²) in [7, 11) is 0. The van der Waals surface area contributed by atoms with E-state index in [9.17, 15) is 9.18 Å². The second kappa shape index (κ2) is 10.3. The van der Waals surface area contributed by atoms with Gasteiger partial charge in [0.15, 0.2) is 5.82 Å². The van der Waals surface area contributed by atoms with Gasteiger partial charge in [-0.2, -0.15) is 0 Å². The molecule has 0 spiro atoms. The number of anilines is 2. The van der Waals surface area contributed by atoms with Crippen LogP contribution in [0, 0.1) is 11.6 Å². The van der Waals surface area contributed by atoms with Crippen LogP contribution in [0.25, 0.3) is 33.5 Å². The van der Waals surface area contributed by atoms with E-state index in [-0.39, 0.29) is 29.2 Å². The Hall–Kier alpha value is -4.18. The molecule has 38 heavy (non-hydrogen) atoms. The van der Waals surface area contributed by atoms with Gasteiger partial charge in [0.2, 0.25) is 0 Å². The molecule has 0 aliphatic carbocycles. The molecule has 1 atom stereocenters. The number of nitrogen functional groups attached to an aromatic ring is 1. The van der Waals surface area contributed by atoms with Crippen LogP contribution in [0.3, 0.4) is 0 Å². The number of halogens is 2. The molecule has 8 nitrogen and oxygen atoms in total. The van der Waals surface area contributed by atoms with Crippen LogP contribution >= 0.6 is 0 Å². The Labute approximate surface area is 219 Å². The number of nitrogens with one attached hydrogen (secondary N) is 1. The third-order valence-electron chi connectivity index (χ3n) is 6.55. The highest BCUT2D eigenvalue weighted by molar-refractivity contribution is 5.96. The molecule has 196 valence electrons. The average molecular weight is 518 g/mol. The van der Waals surface area contributed by atoms with Gasteiger partial charge in [-0.25, -0.2) is 13.8 Å². The molecule has 1 unspecified atom stereocenters. The van der Waals surface area contributed by atoms with Gasteiger partial charge >= 0.3 is 0 Å². The van der Waals surface area contributed by atoms with E-state index in [0.29, 0.717) is 52.3 Å². The molecule has 1 amide bonds. The van der Waals surface area contributed by atoms with Crippen LogP contribution in [0.4, 0.5) is 20.2 Å². The third-order valence-corrected chi connectivity index (χ3v) is 6.55. The van der Waals surface area contributed by atoms with Crippen molar-refractivity contribution in [2.75, 3.05) is 23.7 Å². The van der Waals surface area contributed by atoms with E-state index >= 15 is 4.39 Å². The molecule has 0 saturated carbocycles. The van der Waals surface area contributed by atoms with Gasteiger partial charge in [0.05, 0.1) is 40.7 Å². The van der Waals surface area contributed by atoms with Gasteiger partial charge in [-0.3, -0.25) is 14.8 Å². The van der Waals surface area contributed by atoms with Crippen molar-refractivity contribution >= 4 is 28.2 Å². The van der Waals surface area contributed by atoms with Crippen molar-refractivity contribution in [3.63, 3.8) is 0 Å². The van der Waals surface area contributed by atoms with E-state index in [0.717, 1.165) is 12.8 Å². The number of hydrogen-bond acceptors (Lipinski definition) is 7. The second-order valence-electron chi connectivity index (χ2n) is 9.85. The summed E-state index contributed by atoms with van der Waals surface area (Å²) >= 11 is 0. The average Bonchev–Trinajstić information content (AvgIpc) is 2.88. The number of amides is 1. The number of aromatic nitrogens is 3. The standard InChI is InChI=1S/C28H29F2N7O/c1-15(2)35-28(38)16-5-6-20(29)18(10-16)23-8-7-22(32)26(36-23)24-11-19-25(13-34-24)33-12-21(30)27(19)37-9-3-4-17(31)14-37/h5-8,10-13,15,17H,3-4,9,14,31-32H2,1-2H3,(H,35,38). The largest absolute Gasteiger partial charge is 0.397 e. The predicted molar refractivity (Wildman–Crippen MR) is 145 cm³/mol. The minimum absolute atomic E-state index is 0.0463. The highest BCUT2D eigenvalue weighted by Gasteiger charge is 2.23. The van der Waals surface area contributed by atoms with Crippen molar-refractivity contribution in [1.29, 1.82) is 0 Å². The minimum atomic E-state index is -0.532. The SMILES string of the molecule is CC(C)NC(=O)c1ccc(F)c(-c2ccc(N)c(-c3cc4c(N5CCCC(N)C5)c(F)cnc4cn3)n2)c1. The molecule has 5 rings (SSSR count). The minimum Gasteiger partial charge on any atom is -0.397 e. The fourth-order valence-electron chi connectivity index (χ4n) is 4.75. The van der Waals surface area contributed by atoms with Crippen molar-refractivity contribution in [1.82, 2.24) is 20.3 Å². The number of fused-ring (bicyclic) bond motifs is 1. The van der Waals surface area contributed by atoms with Gasteiger partial charge in [-0.05, 0) is 63.1 Å². The summed E-state index contributed by atoms with van der Waals surface area (Å²) in [5.41, 5.74) is 15.1. The fourth-order valence-corrected chi connectivity index (χ4v) is 4.75. The van der Waals surface area contributed by atoms with Crippen molar-refractivity contribution in [2.24, 2.45) is 5.73 Å². The number of nitrogens with two attached hydrogens (primary N) is 2. The number of piperidine rings is 1. The summed E-state index contributed by atoms with van der Waals surface area (Å²) in [5.74, 6) is -1.29. The van der Waals surface area contributed by atoms with E-state index in [1.165, 1.54) is 24.4 Å². The first-order valence-electron chi connectivity index (χ1n) is 12.5. The topological polar surface area (TPSA) is 123 Å². The van der Waals surface area contributed by atoms with Crippen molar-refractivity contribution in [3.8, 4) is 22.6 Å². The molecule has 1 saturated heterocycles. The molecule has 1 aliphatic heterocycles. The number of rotatable bonds is 5. The number of benzene rings is 1. The third kappa shape index (κ3) is 4.99. The lowest BCUT2D eigenvalue weighted by molar-refractivity contribution is 0.0943. The van der Waals surface area contributed by atoms with Gasteiger partial charge < -0.3 is 21.7 Å². The lowest BCUT2D eigenvalue weighted by Gasteiger charge is -2.33. The van der Waals surface area contributed by atoms with Crippen LogP contribution in [0.1, 0.15) is 37.0 Å². The van der Waals surface area contributed by atoms with Crippen LogP contribution in [-0.4, -0.2) is 46.0 Å². The first-order valence-corrected chi connectivity index (χ1v) is 12.5. The van der Waals surface area contributed by atoms with Gasteiger partial charge in [0.1, 0.15) is 11.5 Å². The maximum absolute atomic E-state index is 15.1. The number of nitrogens with zero attached hydrogens (tertiary/aromatic N) is 4. The van der Waals surface area contributed by atoms with Gasteiger partial charge in [-0.1, -0.05) is 0 Å². The maximum atomic E-state index is 15.1. The summed E-state index contributed by atoms with van der Waals surface area (Å²) in [6, 6.07) is 8.90. The molecule has 1 aliphatic rings. The summed E-state index contributed by atoms with van der Waals surface area (Å²) in [6.45, 7) is 4.90. The maximum Gasteiger partial charge on any atom is 0.251 e. The molecular formula is C28H29F2N7O. The molecule has 4 aromatic rings. The number of pyridine rings is 3. The number of hydrogen-bond donors (Lipinski definition) is 3. The Balaban J connectivity index is 1.59. The zero-order chi connectivity index (χ0) is 27.0. The molecule has 0 bridgehead atoms. The Kier molecular flexibility index (Phi) is 6.90. The zero-order valence-corrected chi connectivity index (χ0v) is 21.2. The van der Waals surface area contributed by atoms with E-state index in [1.54, 1.807) is 24.4 Å². The van der Waals surface area contributed by atoms with E-state index < -0.39 is 11.6 Å². The molecule has 1 aromatic carbocycles. The summed E-state index contributed by atoms with van der Waals surface area (Å²) in [4.78, 5) is 27.7. The summed E-state index contributed by atoms with van der Waals surface area (Å²) < 4.78 is 30.0. The van der Waals surface area contributed by atoms with Crippen molar-refractivity contribution < 1.29 is 13.6 Å². The Bertz CT molecular complexity index is 1530. The molecule has 3 aromatic heterocycles. The van der Waals surface area contributed by atoms with Crippen molar-refractivity contribution in [3.05, 3.63) is 66.0 Å². The monoisotopic (exact) mass is 517 g/mol. The van der Waals surface area contributed by atoms with Crippen LogP contribution in [0.2, 0.25) is 0 Å². The Morgan fingerprint density at radius 3 is 2.66 bits per heavy atom. The molecule has 5 N–H and O–H groups in total. The smallest absolute Gasteiger partial charge is 0.251 e. The molecule has 0 radical (unpaired) electrons. The van der Waals surface area contributed by atoms with Crippen LogP contribution < -0.4 is 21.7 Å².